The minimum Gasteiger partial charge on any atom is -0.480 e. The number of likely N-dealkylation sites (tertiary alicyclic amines) is 1. The second kappa shape index (κ2) is 11.5. The van der Waals surface area contributed by atoms with E-state index >= 15 is 0 Å². The van der Waals surface area contributed by atoms with Gasteiger partial charge in [0.2, 0.25) is 5.91 Å². The number of carbonyl (C=O) groups is 3. The first kappa shape index (κ1) is 23.5. The molecule has 1 saturated carbocycles. The van der Waals surface area contributed by atoms with E-state index in [0.29, 0.717) is 30.0 Å². The number of hydrogen-bond acceptors (Lipinski definition) is 6. The fourth-order valence-electron chi connectivity index (χ4n) is 4.00. The first-order valence-electron chi connectivity index (χ1n) is 10.3. The third kappa shape index (κ3) is 7.59. The molecular weight excluding hydrogens is 396 g/mol. The maximum atomic E-state index is 12.8. The molecular formula is C20H34N2O4S2. The molecule has 1 saturated heterocycles. The van der Waals surface area contributed by atoms with Gasteiger partial charge in [0.1, 0.15) is 0 Å². The molecule has 0 aromatic carbocycles. The predicted molar refractivity (Wildman–Crippen MR) is 116 cm³/mol. The lowest BCUT2D eigenvalue weighted by molar-refractivity contribution is -0.139. The molecule has 2 aliphatic rings. The van der Waals surface area contributed by atoms with Crippen molar-refractivity contribution in [3.05, 3.63) is 0 Å². The van der Waals surface area contributed by atoms with E-state index < -0.39 is 12.0 Å². The van der Waals surface area contributed by atoms with Crippen molar-refractivity contribution in [1.82, 2.24) is 10.2 Å². The van der Waals surface area contributed by atoms with Crippen LogP contribution in [0.25, 0.3) is 0 Å². The molecule has 28 heavy (non-hydrogen) atoms. The van der Waals surface area contributed by atoms with Gasteiger partial charge in [0.05, 0.1) is 12.6 Å². The minimum absolute atomic E-state index is 0.0307. The monoisotopic (exact) mass is 430 g/mol. The van der Waals surface area contributed by atoms with Crippen LogP contribution in [0.5, 0.6) is 0 Å². The molecule has 1 aliphatic carbocycles. The van der Waals surface area contributed by atoms with Gasteiger partial charge in [-0.05, 0) is 25.2 Å². The number of carbonyl (C=O) groups excluding carboxylic acids is 2. The third-order valence-corrected chi connectivity index (χ3v) is 8.41. The molecule has 2 rings (SSSR count). The lowest BCUT2D eigenvalue weighted by Crippen LogP contribution is -2.47. The van der Waals surface area contributed by atoms with E-state index in [-0.39, 0.29) is 28.7 Å². The van der Waals surface area contributed by atoms with Gasteiger partial charge in [-0.25, -0.2) is 0 Å². The molecule has 3 atom stereocenters. The summed E-state index contributed by atoms with van der Waals surface area (Å²) in [4.78, 5) is 37.4. The van der Waals surface area contributed by atoms with Crippen LogP contribution in [0.1, 0.15) is 59.3 Å². The quantitative estimate of drug-likeness (QED) is 0.581. The Morgan fingerprint density at radius 1 is 1.14 bits per heavy atom. The van der Waals surface area contributed by atoms with Gasteiger partial charge in [0.15, 0.2) is 5.12 Å². The SMILES string of the molecule is CC(=O)SC(CNC(=O)C1CC(SC2CCCCC2)CN1CC(=O)O)C(C)C. The molecule has 0 spiro atoms. The highest BCUT2D eigenvalue weighted by Gasteiger charge is 2.39. The third-order valence-electron chi connectivity index (χ3n) is 5.48. The summed E-state index contributed by atoms with van der Waals surface area (Å²) in [7, 11) is 0. The number of carboxylic acid groups (broad SMARTS) is 1. The van der Waals surface area contributed by atoms with Crippen molar-refractivity contribution in [3.8, 4) is 0 Å². The first-order chi connectivity index (χ1) is 13.3. The number of rotatable bonds is 9. The van der Waals surface area contributed by atoms with Crippen LogP contribution in [-0.2, 0) is 14.4 Å². The second-order valence-electron chi connectivity index (χ2n) is 8.23. The molecule has 160 valence electrons. The van der Waals surface area contributed by atoms with Gasteiger partial charge in [0.25, 0.3) is 0 Å². The number of hydrogen-bond donors (Lipinski definition) is 2. The lowest BCUT2D eigenvalue weighted by atomic mass is 10.0. The molecule has 0 radical (unpaired) electrons. The standard InChI is InChI=1S/C20H34N2O4S2/c1-13(2)18(27-14(3)23)10-21-20(26)17-9-16(11-22(17)12-19(24)25)28-15-7-5-4-6-8-15/h13,15-18H,4-12H2,1-3H3,(H,21,26)(H,24,25). The molecule has 1 amide bonds. The van der Waals surface area contributed by atoms with E-state index in [4.69, 9.17) is 0 Å². The molecule has 8 heteroatoms. The number of thioether (sulfide) groups is 2. The van der Waals surface area contributed by atoms with Gasteiger partial charge in [-0.3, -0.25) is 19.3 Å². The Bertz CT molecular complexity index is 552. The summed E-state index contributed by atoms with van der Waals surface area (Å²) < 4.78 is 0. The van der Waals surface area contributed by atoms with Crippen molar-refractivity contribution in [3.63, 3.8) is 0 Å². The largest absolute Gasteiger partial charge is 0.480 e. The van der Waals surface area contributed by atoms with E-state index in [0.717, 1.165) is 0 Å². The fourth-order valence-corrected chi connectivity index (χ4v) is 6.59. The van der Waals surface area contributed by atoms with Crippen LogP contribution < -0.4 is 5.32 Å². The van der Waals surface area contributed by atoms with E-state index in [1.165, 1.54) is 43.9 Å². The molecule has 1 heterocycles. The van der Waals surface area contributed by atoms with E-state index in [1.54, 1.807) is 11.8 Å². The van der Waals surface area contributed by atoms with E-state index in [2.05, 4.69) is 5.32 Å². The number of nitrogens with one attached hydrogen (secondary N) is 1. The van der Waals surface area contributed by atoms with Crippen molar-refractivity contribution in [2.45, 2.75) is 81.1 Å². The van der Waals surface area contributed by atoms with Crippen LogP contribution in [0.3, 0.4) is 0 Å². The zero-order valence-corrected chi connectivity index (χ0v) is 18.8. The summed E-state index contributed by atoms with van der Waals surface area (Å²) in [6.07, 6.45) is 7.03. The van der Waals surface area contributed by atoms with Crippen molar-refractivity contribution in [2.75, 3.05) is 19.6 Å². The molecule has 0 aromatic rings. The number of nitrogens with zero attached hydrogens (tertiary/aromatic N) is 1. The van der Waals surface area contributed by atoms with Crippen LogP contribution in [0.15, 0.2) is 0 Å². The average Bonchev–Trinajstić information content (AvgIpc) is 3.00. The molecule has 0 aromatic heterocycles. The summed E-state index contributed by atoms with van der Waals surface area (Å²) in [6.45, 7) is 6.60. The summed E-state index contributed by atoms with van der Waals surface area (Å²) in [5.74, 6) is -0.737. The lowest BCUT2D eigenvalue weighted by Gasteiger charge is -2.24. The Kier molecular flexibility index (Phi) is 9.63. The van der Waals surface area contributed by atoms with E-state index in [9.17, 15) is 19.5 Å². The zero-order valence-electron chi connectivity index (χ0n) is 17.2. The van der Waals surface area contributed by atoms with Crippen molar-refractivity contribution >= 4 is 40.5 Å². The predicted octanol–water partition coefficient (Wildman–Crippen LogP) is 3.00. The first-order valence-corrected chi connectivity index (χ1v) is 12.1. The molecule has 2 N–H and O–H groups in total. The Hall–Kier alpha value is -0.730. The van der Waals surface area contributed by atoms with Crippen LogP contribution in [0, 0.1) is 5.92 Å². The van der Waals surface area contributed by atoms with Gasteiger partial charge in [-0.2, -0.15) is 11.8 Å². The number of aliphatic carboxylic acids is 1. The molecule has 0 bridgehead atoms. The van der Waals surface area contributed by atoms with Crippen LogP contribution in [0.2, 0.25) is 0 Å². The van der Waals surface area contributed by atoms with Gasteiger partial charge in [-0.15, -0.1) is 0 Å². The maximum absolute atomic E-state index is 12.8. The van der Waals surface area contributed by atoms with E-state index in [1.807, 2.05) is 25.6 Å². The van der Waals surface area contributed by atoms with Crippen LogP contribution >= 0.6 is 23.5 Å². The Morgan fingerprint density at radius 3 is 2.39 bits per heavy atom. The topological polar surface area (TPSA) is 86.7 Å². The van der Waals surface area contributed by atoms with Crippen LogP contribution in [0.4, 0.5) is 0 Å². The highest BCUT2D eigenvalue weighted by Crippen LogP contribution is 2.36. The highest BCUT2D eigenvalue weighted by molar-refractivity contribution is 8.14. The molecule has 3 unspecified atom stereocenters. The Balaban J connectivity index is 1.93. The van der Waals surface area contributed by atoms with Gasteiger partial charge >= 0.3 is 5.97 Å². The minimum atomic E-state index is -0.895. The smallest absolute Gasteiger partial charge is 0.317 e. The number of carboxylic acids is 1. The summed E-state index contributed by atoms with van der Waals surface area (Å²) in [6, 6.07) is -0.396. The van der Waals surface area contributed by atoms with Gasteiger partial charge in [-0.1, -0.05) is 44.9 Å². The molecule has 6 nitrogen and oxygen atoms in total. The molecule has 2 fully saturated rings. The number of amides is 1. The Labute approximate surface area is 176 Å². The van der Waals surface area contributed by atoms with Gasteiger partial charge < -0.3 is 10.4 Å². The maximum Gasteiger partial charge on any atom is 0.317 e. The normalized spacial score (nSPS) is 25.0. The molecule has 1 aliphatic heterocycles. The summed E-state index contributed by atoms with van der Waals surface area (Å²) in [5.41, 5.74) is 0. The van der Waals surface area contributed by atoms with Gasteiger partial charge in [0, 0.05) is 35.8 Å². The average molecular weight is 431 g/mol. The zero-order chi connectivity index (χ0) is 20.7. The fraction of sp³-hybridized carbons (Fsp3) is 0.850. The summed E-state index contributed by atoms with van der Waals surface area (Å²) >= 11 is 3.22. The van der Waals surface area contributed by atoms with Crippen molar-refractivity contribution in [1.29, 1.82) is 0 Å². The Morgan fingerprint density at radius 2 is 1.82 bits per heavy atom. The van der Waals surface area contributed by atoms with Crippen molar-refractivity contribution in [2.24, 2.45) is 5.92 Å². The van der Waals surface area contributed by atoms with Crippen molar-refractivity contribution < 1.29 is 19.5 Å². The second-order valence-corrected chi connectivity index (χ2v) is 11.3. The summed E-state index contributed by atoms with van der Waals surface area (Å²) in [5, 5.41) is 13.3. The van der Waals surface area contributed by atoms with Crippen LogP contribution in [-0.4, -0.2) is 68.4 Å². The highest BCUT2D eigenvalue weighted by atomic mass is 32.2.